The standard InChI is InChI=1S/C15H14O5S/c1-19-15(16)11-21(17,18)14-9-5-8-13(10-14)20-12-6-3-2-4-7-12/h2-10H,11H2,1H3. The van der Waals surface area contributed by atoms with Crippen molar-refractivity contribution in [2.24, 2.45) is 0 Å². The minimum absolute atomic E-state index is 0.0151. The van der Waals surface area contributed by atoms with Crippen LogP contribution in [0, 0.1) is 0 Å². The van der Waals surface area contributed by atoms with Gasteiger partial charge in [0.25, 0.3) is 0 Å². The fraction of sp³-hybridized carbons (Fsp3) is 0.133. The number of carbonyl (C=O) groups is 1. The number of hydrogen-bond acceptors (Lipinski definition) is 5. The Labute approximate surface area is 123 Å². The maximum Gasteiger partial charge on any atom is 0.321 e. The molecule has 0 fully saturated rings. The summed E-state index contributed by atoms with van der Waals surface area (Å²) in [6.07, 6.45) is 0. The van der Waals surface area contributed by atoms with Gasteiger partial charge in [0.2, 0.25) is 0 Å². The minimum Gasteiger partial charge on any atom is -0.468 e. The number of carbonyl (C=O) groups excluding carboxylic acids is 1. The Morgan fingerprint density at radius 3 is 2.33 bits per heavy atom. The average molecular weight is 306 g/mol. The number of methoxy groups -OCH3 is 1. The molecular weight excluding hydrogens is 292 g/mol. The van der Waals surface area contributed by atoms with Crippen LogP contribution in [0.25, 0.3) is 0 Å². The van der Waals surface area contributed by atoms with Crippen LogP contribution in [0.2, 0.25) is 0 Å². The van der Waals surface area contributed by atoms with Crippen LogP contribution in [0.5, 0.6) is 11.5 Å². The molecule has 6 heteroatoms. The monoisotopic (exact) mass is 306 g/mol. The third-order valence-electron chi connectivity index (χ3n) is 2.68. The lowest BCUT2D eigenvalue weighted by molar-refractivity contribution is -0.137. The van der Waals surface area contributed by atoms with Crippen molar-refractivity contribution in [3.8, 4) is 11.5 Å². The molecule has 0 N–H and O–H groups in total. The van der Waals surface area contributed by atoms with E-state index in [2.05, 4.69) is 4.74 Å². The Bertz CT molecular complexity index is 723. The van der Waals surface area contributed by atoms with E-state index in [9.17, 15) is 13.2 Å². The highest BCUT2D eigenvalue weighted by Gasteiger charge is 2.20. The fourth-order valence-electron chi connectivity index (χ4n) is 1.65. The molecule has 0 bridgehead atoms. The van der Waals surface area contributed by atoms with Crippen molar-refractivity contribution in [2.45, 2.75) is 4.90 Å². The zero-order valence-electron chi connectivity index (χ0n) is 11.4. The summed E-state index contributed by atoms with van der Waals surface area (Å²) in [5.41, 5.74) is 0. The van der Waals surface area contributed by atoms with Crippen LogP contribution < -0.4 is 4.74 Å². The Balaban J connectivity index is 2.23. The van der Waals surface area contributed by atoms with Gasteiger partial charge < -0.3 is 9.47 Å². The van der Waals surface area contributed by atoms with Crippen LogP contribution >= 0.6 is 0 Å². The lowest BCUT2D eigenvalue weighted by Crippen LogP contribution is -2.17. The molecule has 110 valence electrons. The highest BCUT2D eigenvalue weighted by molar-refractivity contribution is 7.92. The first-order valence-electron chi connectivity index (χ1n) is 6.14. The van der Waals surface area contributed by atoms with E-state index < -0.39 is 21.6 Å². The summed E-state index contributed by atoms with van der Waals surface area (Å²) in [6.45, 7) is 0. The molecule has 0 saturated heterocycles. The van der Waals surface area contributed by atoms with Gasteiger partial charge in [0, 0.05) is 0 Å². The molecule has 0 heterocycles. The van der Waals surface area contributed by atoms with E-state index in [1.54, 1.807) is 24.3 Å². The molecule has 5 nitrogen and oxygen atoms in total. The summed E-state index contributed by atoms with van der Waals surface area (Å²) in [5.74, 6) is -0.519. The summed E-state index contributed by atoms with van der Waals surface area (Å²) >= 11 is 0. The molecule has 0 unspecified atom stereocenters. The average Bonchev–Trinajstić information content (AvgIpc) is 2.48. The van der Waals surface area contributed by atoms with Crippen molar-refractivity contribution in [2.75, 3.05) is 12.9 Å². The Kier molecular flexibility index (Phi) is 4.59. The van der Waals surface area contributed by atoms with Crippen LogP contribution in [-0.2, 0) is 19.4 Å². The van der Waals surface area contributed by atoms with Gasteiger partial charge in [-0.1, -0.05) is 24.3 Å². The van der Waals surface area contributed by atoms with Crippen LogP contribution in [0.3, 0.4) is 0 Å². The van der Waals surface area contributed by atoms with Crippen molar-refractivity contribution in [3.63, 3.8) is 0 Å². The van der Waals surface area contributed by atoms with Gasteiger partial charge in [0.15, 0.2) is 15.6 Å². The van der Waals surface area contributed by atoms with Crippen molar-refractivity contribution >= 4 is 15.8 Å². The lowest BCUT2D eigenvalue weighted by atomic mass is 10.3. The van der Waals surface area contributed by atoms with Gasteiger partial charge >= 0.3 is 5.97 Å². The molecule has 0 aliphatic carbocycles. The fourth-order valence-corrected chi connectivity index (χ4v) is 2.83. The molecule has 2 aromatic rings. The SMILES string of the molecule is COC(=O)CS(=O)(=O)c1cccc(Oc2ccccc2)c1. The van der Waals surface area contributed by atoms with E-state index in [-0.39, 0.29) is 4.90 Å². The van der Waals surface area contributed by atoms with Crippen LogP contribution in [-0.4, -0.2) is 27.2 Å². The molecule has 0 atom stereocenters. The number of esters is 1. The predicted octanol–water partition coefficient (Wildman–Crippen LogP) is 2.43. The molecule has 2 aromatic carbocycles. The van der Waals surface area contributed by atoms with E-state index in [1.165, 1.54) is 12.1 Å². The van der Waals surface area contributed by atoms with Crippen molar-refractivity contribution < 1.29 is 22.7 Å². The molecule has 2 rings (SSSR count). The topological polar surface area (TPSA) is 69.7 Å². The summed E-state index contributed by atoms with van der Waals surface area (Å²) in [6, 6.07) is 15.0. The molecule has 0 aliphatic rings. The van der Waals surface area contributed by atoms with Gasteiger partial charge in [-0.05, 0) is 30.3 Å². The normalized spacial score (nSPS) is 10.9. The van der Waals surface area contributed by atoms with Gasteiger partial charge in [-0.3, -0.25) is 4.79 Å². The Hall–Kier alpha value is -2.34. The largest absolute Gasteiger partial charge is 0.468 e. The second-order valence-corrected chi connectivity index (χ2v) is 6.21. The van der Waals surface area contributed by atoms with Gasteiger partial charge in [-0.25, -0.2) is 8.42 Å². The van der Waals surface area contributed by atoms with E-state index in [0.29, 0.717) is 11.5 Å². The minimum atomic E-state index is -3.74. The third-order valence-corrected chi connectivity index (χ3v) is 4.27. The zero-order chi connectivity index (χ0) is 15.3. The molecule has 0 saturated carbocycles. The van der Waals surface area contributed by atoms with Crippen LogP contribution in [0.1, 0.15) is 0 Å². The van der Waals surface area contributed by atoms with Gasteiger partial charge in [-0.2, -0.15) is 0 Å². The number of hydrogen-bond donors (Lipinski definition) is 0. The maximum atomic E-state index is 12.0. The molecule has 0 aromatic heterocycles. The smallest absolute Gasteiger partial charge is 0.321 e. The quantitative estimate of drug-likeness (QED) is 0.793. The van der Waals surface area contributed by atoms with Crippen molar-refractivity contribution in [3.05, 3.63) is 54.6 Å². The van der Waals surface area contributed by atoms with E-state index in [0.717, 1.165) is 7.11 Å². The highest BCUT2D eigenvalue weighted by Crippen LogP contribution is 2.24. The lowest BCUT2D eigenvalue weighted by Gasteiger charge is -2.08. The second kappa shape index (κ2) is 6.41. The van der Waals surface area contributed by atoms with Gasteiger partial charge in [0.05, 0.1) is 12.0 Å². The molecule has 0 spiro atoms. The summed E-state index contributed by atoms with van der Waals surface area (Å²) in [4.78, 5) is 11.2. The molecule has 0 radical (unpaired) electrons. The highest BCUT2D eigenvalue weighted by atomic mass is 32.2. The number of sulfone groups is 1. The summed E-state index contributed by atoms with van der Waals surface area (Å²) < 4.78 is 34.0. The molecular formula is C15H14O5S. The van der Waals surface area contributed by atoms with E-state index >= 15 is 0 Å². The number of ether oxygens (including phenoxy) is 2. The van der Waals surface area contributed by atoms with Crippen LogP contribution in [0.15, 0.2) is 59.5 Å². The maximum absolute atomic E-state index is 12.0. The van der Waals surface area contributed by atoms with Gasteiger partial charge in [0.1, 0.15) is 11.5 Å². The molecule has 21 heavy (non-hydrogen) atoms. The number of rotatable bonds is 5. The predicted molar refractivity (Wildman–Crippen MR) is 77.0 cm³/mol. The summed E-state index contributed by atoms with van der Waals surface area (Å²) in [5, 5.41) is 0. The molecule has 0 amide bonds. The number of benzene rings is 2. The van der Waals surface area contributed by atoms with E-state index in [1.807, 2.05) is 18.2 Å². The number of para-hydroxylation sites is 1. The Morgan fingerprint density at radius 2 is 1.67 bits per heavy atom. The van der Waals surface area contributed by atoms with Gasteiger partial charge in [-0.15, -0.1) is 0 Å². The molecule has 0 aliphatic heterocycles. The van der Waals surface area contributed by atoms with Crippen LogP contribution in [0.4, 0.5) is 0 Å². The van der Waals surface area contributed by atoms with Crippen molar-refractivity contribution in [1.82, 2.24) is 0 Å². The zero-order valence-corrected chi connectivity index (χ0v) is 12.2. The first kappa shape index (κ1) is 15.1. The summed E-state index contributed by atoms with van der Waals surface area (Å²) in [7, 11) is -2.60. The first-order chi connectivity index (χ1) is 10.0. The second-order valence-electron chi connectivity index (χ2n) is 4.23. The first-order valence-corrected chi connectivity index (χ1v) is 7.79. The van der Waals surface area contributed by atoms with Crippen molar-refractivity contribution in [1.29, 1.82) is 0 Å². The van der Waals surface area contributed by atoms with E-state index in [4.69, 9.17) is 4.74 Å². The Morgan fingerprint density at radius 1 is 1.00 bits per heavy atom. The third kappa shape index (κ3) is 4.06.